The predicted octanol–water partition coefficient (Wildman–Crippen LogP) is -1.30. The van der Waals surface area contributed by atoms with Gasteiger partial charge in [0.15, 0.2) is 6.20 Å². The minimum atomic E-state index is -1.55. The van der Waals surface area contributed by atoms with Crippen LogP contribution in [0.3, 0.4) is 0 Å². The fourth-order valence-corrected chi connectivity index (χ4v) is 4.23. The smallest absolute Gasteiger partial charge is 0.475 e. The Morgan fingerprint density at radius 2 is 1.80 bits per heavy atom. The largest absolute Gasteiger partial charge is 0.545 e. The first-order chi connectivity index (χ1) is 19.3. The van der Waals surface area contributed by atoms with Crippen molar-refractivity contribution in [1.29, 1.82) is 0 Å². The zero-order valence-electron chi connectivity index (χ0n) is 23.4. The van der Waals surface area contributed by atoms with Gasteiger partial charge < -0.3 is 39.2 Å². The quantitative estimate of drug-likeness (QED) is 0.0952. The van der Waals surface area contributed by atoms with Crippen LogP contribution in [0.5, 0.6) is 0 Å². The summed E-state index contributed by atoms with van der Waals surface area (Å²) in [5, 5.41) is 21.4. The number of aryl methyl sites for hydroxylation is 1. The minimum absolute atomic E-state index is 0. The first-order valence-electron chi connectivity index (χ1n) is 12.5. The maximum atomic E-state index is 12.3. The average Bonchev–Trinajstić information content (AvgIpc) is 3.72. The van der Waals surface area contributed by atoms with Gasteiger partial charge in [-0.1, -0.05) is 6.42 Å². The van der Waals surface area contributed by atoms with Crippen LogP contribution in [0.15, 0.2) is 23.6 Å². The molecule has 1 unspecified atom stereocenters. The number of nitrogens with one attached hydrogen (secondary N) is 1. The van der Waals surface area contributed by atoms with Gasteiger partial charge >= 0.3 is 7.12 Å². The van der Waals surface area contributed by atoms with E-state index in [1.165, 1.54) is 4.90 Å². The second-order valence-corrected chi connectivity index (χ2v) is 8.86. The zero-order chi connectivity index (χ0) is 30.5. The fourth-order valence-electron chi connectivity index (χ4n) is 4.23. The Morgan fingerprint density at radius 1 is 1.12 bits per heavy atom. The van der Waals surface area contributed by atoms with E-state index in [9.17, 15) is 19.6 Å². The van der Waals surface area contributed by atoms with Crippen molar-refractivity contribution in [2.24, 2.45) is 12.0 Å². The van der Waals surface area contributed by atoms with E-state index in [2.05, 4.69) is 46.8 Å². The Morgan fingerprint density at radius 3 is 2.37 bits per heavy atom. The summed E-state index contributed by atoms with van der Waals surface area (Å²) in [7, 11) is 2.39. The van der Waals surface area contributed by atoms with Gasteiger partial charge in [0.05, 0.1) is 19.0 Å². The molecule has 0 spiro atoms. The van der Waals surface area contributed by atoms with Gasteiger partial charge in [-0.25, -0.2) is 9.88 Å². The number of amides is 2. The molecule has 2 aliphatic heterocycles. The van der Waals surface area contributed by atoms with Gasteiger partial charge in [-0.2, -0.15) is 0 Å². The number of rotatable bonds is 13. The summed E-state index contributed by atoms with van der Waals surface area (Å²) >= 11 is 0. The molecule has 227 valence electrons. The van der Waals surface area contributed by atoms with E-state index in [0.717, 1.165) is 43.9 Å². The molecule has 1 atom stereocenters. The molecule has 1 radical (unpaired) electrons. The summed E-state index contributed by atoms with van der Waals surface area (Å²) in [5.41, 5.74) is 0. The van der Waals surface area contributed by atoms with Crippen molar-refractivity contribution in [3.63, 3.8) is 0 Å². The number of unbranched alkanes of at least 4 members (excludes halogenated alkanes) is 2. The van der Waals surface area contributed by atoms with Crippen molar-refractivity contribution in [3.8, 4) is 0 Å². The monoisotopic (exact) mass is 746 g/mol. The number of nitrogens with zero attached hydrogens (tertiary/aromatic N) is 6. The molecule has 14 nitrogen and oxygen atoms in total. The van der Waals surface area contributed by atoms with Crippen LogP contribution in [0.25, 0.3) is 0 Å². The van der Waals surface area contributed by atoms with E-state index in [4.69, 9.17) is 14.4 Å². The Kier molecular flexibility index (Phi) is 23.0. The van der Waals surface area contributed by atoms with E-state index in [1.807, 2.05) is 36.0 Å². The molecule has 1 fully saturated rings. The second kappa shape index (κ2) is 23.6. The number of aromatic nitrogens is 2. The Bertz CT molecular complexity index is 946. The van der Waals surface area contributed by atoms with Crippen LogP contribution >= 0.6 is 0 Å². The topological polar surface area (TPSA) is 178 Å². The molecule has 41 heavy (non-hydrogen) atoms. The molecule has 16 heteroatoms. The summed E-state index contributed by atoms with van der Waals surface area (Å²) in [4.78, 5) is 62.1. The zero-order valence-corrected chi connectivity index (χ0v) is 26.1. The Hall–Kier alpha value is -3.11. The third-order valence-corrected chi connectivity index (χ3v) is 6.28. The maximum absolute atomic E-state index is 12.3. The van der Waals surface area contributed by atoms with Crippen LogP contribution in [-0.4, -0.2) is 119 Å². The molecule has 1 aromatic rings. The molecular formula is C25H38BN7O7Re-2. The van der Waals surface area contributed by atoms with Crippen molar-refractivity contribution in [1.82, 2.24) is 29.6 Å². The number of carbonyl (C=O) groups is 2. The maximum Gasteiger partial charge on any atom is 0.475 e. The van der Waals surface area contributed by atoms with Crippen LogP contribution in [0, 0.1) is 6.20 Å². The van der Waals surface area contributed by atoms with Gasteiger partial charge in [-0.05, 0) is 25.7 Å². The molecule has 0 aliphatic carbocycles. The van der Waals surface area contributed by atoms with Crippen LogP contribution < -0.4 is 5.32 Å². The molecule has 1 aromatic heterocycles. The van der Waals surface area contributed by atoms with Crippen LogP contribution in [0.2, 0.25) is 0 Å². The SMILES string of the molecule is CN1C=[C+]N=C1CN(CCCCCC(=O)NCC(=O)N1CCCC1B(O)O)Cc1nccn1C.[CH-]=O.[CH-]=O.[CH-]=O.[Re]. The van der Waals surface area contributed by atoms with Gasteiger partial charge in [-0.15, -0.1) is 0 Å². The van der Waals surface area contributed by atoms with Crippen LogP contribution in [0.1, 0.15) is 44.3 Å². The van der Waals surface area contributed by atoms with Gasteiger partial charge in [-0.3, -0.25) is 34.9 Å². The van der Waals surface area contributed by atoms with Gasteiger partial charge in [0.25, 0.3) is 5.84 Å². The fraction of sp³-hybridized carbons (Fsp3) is 0.560. The third kappa shape index (κ3) is 14.4. The third-order valence-electron chi connectivity index (χ3n) is 6.28. The molecule has 2 aliphatic rings. The summed E-state index contributed by atoms with van der Waals surface area (Å²) in [6, 6.07) is 0. The van der Waals surface area contributed by atoms with Crippen molar-refractivity contribution >= 4 is 45.1 Å². The molecule has 0 bridgehead atoms. The number of hydrogen-bond acceptors (Lipinski definition) is 11. The van der Waals surface area contributed by atoms with Crippen LogP contribution in [0.4, 0.5) is 0 Å². The standard InChI is InChI=1S/C22H34BN7O4.3CHO.Re/c1-27-13-9-24-19(27)16-29(17-20-25-10-14-28(20)2)11-5-3-4-8-21(31)26-15-22(32)30-12-6-7-18(30)23(33)34;3*1-2;/h9,13-14,18,33-34H,3-8,11-12,15-17H2,1-2H3;3*1H;/q;3*-1;/p+1. The summed E-state index contributed by atoms with van der Waals surface area (Å²) < 4.78 is 2.01. The Labute approximate surface area is 255 Å². The van der Waals surface area contributed by atoms with E-state index < -0.39 is 13.1 Å². The van der Waals surface area contributed by atoms with Crippen molar-refractivity contribution in [2.45, 2.75) is 51.0 Å². The van der Waals surface area contributed by atoms with E-state index in [0.29, 0.717) is 32.5 Å². The molecule has 0 saturated carbocycles. The molecule has 2 amide bonds. The normalized spacial score (nSPS) is 14.7. The number of hydrogen-bond donors (Lipinski definition) is 3. The van der Waals surface area contributed by atoms with Crippen molar-refractivity contribution in [2.75, 3.05) is 33.2 Å². The van der Waals surface area contributed by atoms with Gasteiger partial charge in [0.1, 0.15) is 12.4 Å². The summed E-state index contributed by atoms with van der Waals surface area (Å²) in [5.74, 6) is 0.896. The molecule has 0 aromatic carbocycles. The number of likely N-dealkylation sites (tertiary alicyclic amines) is 1. The van der Waals surface area contributed by atoms with E-state index >= 15 is 0 Å². The van der Waals surface area contributed by atoms with Gasteiger partial charge in [0, 0.05) is 71.4 Å². The molecule has 1 saturated heterocycles. The number of likely N-dealkylation sites (N-methyl/N-ethyl adjacent to an activating group) is 1. The predicted molar refractivity (Wildman–Crippen MR) is 148 cm³/mol. The number of amidine groups is 1. The number of imidazole rings is 1. The average molecular weight is 746 g/mol. The van der Waals surface area contributed by atoms with E-state index in [1.54, 1.807) is 6.20 Å². The molecule has 3 N–H and O–H groups in total. The number of carbonyl (C=O) groups excluding carboxylic acids is 5. The summed E-state index contributed by atoms with van der Waals surface area (Å²) in [6.45, 7) is 12.4. The second-order valence-electron chi connectivity index (χ2n) is 8.86. The molecular weight excluding hydrogens is 707 g/mol. The molecule has 3 heterocycles. The first-order valence-corrected chi connectivity index (χ1v) is 12.5. The van der Waals surface area contributed by atoms with Crippen LogP contribution in [-0.2, 0) is 58.0 Å². The first kappa shape index (κ1) is 40.0. The number of aliphatic imine (C=N–C) groups is 1. The Balaban J connectivity index is 0. The van der Waals surface area contributed by atoms with Crippen molar-refractivity contribution < 1.29 is 54.4 Å². The van der Waals surface area contributed by atoms with Gasteiger partial charge in [0.2, 0.25) is 18.0 Å². The van der Waals surface area contributed by atoms with E-state index in [-0.39, 0.29) is 38.8 Å². The minimum Gasteiger partial charge on any atom is -0.545 e. The molecule has 3 rings (SSSR count). The summed E-state index contributed by atoms with van der Waals surface area (Å²) in [6.07, 6.45) is 12.6. The van der Waals surface area contributed by atoms with Crippen molar-refractivity contribution in [3.05, 3.63) is 30.6 Å².